The standard InChI is InChI=1S/C16H21FN4O2S/c1-4-8-21-15(23)18-19-16(21)24-11(2)14(22)20(3)10-12-6-5-7-13(17)9-12/h5-7,9,11H,4,8,10H2,1-3H3,(H,18,23). The van der Waals surface area contributed by atoms with Crippen LogP contribution < -0.4 is 5.69 Å². The van der Waals surface area contributed by atoms with Crippen molar-refractivity contribution in [2.45, 2.75) is 43.8 Å². The van der Waals surface area contributed by atoms with E-state index in [1.807, 2.05) is 6.92 Å². The number of rotatable bonds is 7. The summed E-state index contributed by atoms with van der Waals surface area (Å²) in [5.74, 6) is -0.432. The van der Waals surface area contributed by atoms with Crippen LogP contribution in [0.25, 0.3) is 0 Å². The summed E-state index contributed by atoms with van der Waals surface area (Å²) in [6.45, 7) is 4.61. The molecule has 1 N–H and O–H groups in total. The molecule has 0 radical (unpaired) electrons. The largest absolute Gasteiger partial charge is 0.343 e. The lowest BCUT2D eigenvalue weighted by Gasteiger charge is -2.21. The highest BCUT2D eigenvalue weighted by Gasteiger charge is 2.22. The number of carbonyl (C=O) groups is 1. The van der Waals surface area contributed by atoms with Gasteiger partial charge in [-0.05, 0) is 31.0 Å². The lowest BCUT2D eigenvalue weighted by molar-refractivity contribution is -0.129. The molecule has 0 aliphatic rings. The van der Waals surface area contributed by atoms with Crippen molar-refractivity contribution in [3.8, 4) is 0 Å². The van der Waals surface area contributed by atoms with Crippen molar-refractivity contribution in [1.82, 2.24) is 19.7 Å². The first kappa shape index (κ1) is 18.3. The van der Waals surface area contributed by atoms with E-state index in [1.54, 1.807) is 31.0 Å². The van der Waals surface area contributed by atoms with Crippen molar-refractivity contribution in [2.75, 3.05) is 7.05 Å². The second kappa shape index (κ2) is 8.14. The van der Waals surface area contributed by atoms with Gasteiger partial charge in [0.15, 0.2) is 5.16 Å². The summed E-state index contributed by atoms with van der Waals surface area (Å²) in [5, 5.41) is 6.49. The van der Waals surface area contributed by atoms with Crippen LogP contribution in [0.5, 0.6) is 0 Å². The summed E-state index contributed by atoms with van der Waals surface area (Å²) in [7, 11) is 1.67. The Morgan fingerprint density at radius 1 is 1.50 bits per heavy atom. The van der Waals surface area contributed by atoms with Gasteiger partial charge in [0.1, 0.15) is 5.82 Å². The van der Waals surface area contributed by atoms with E-state index in [4.69, 9.17) is 0 Å². The molecule has 1 unspecified atom stereocenters. The predicted molar refractivity (Wildman–Crippen MR) is 91.3 cm³/mol. The number of hydrogen-bond acceptors (Lipinski definition) is 4. The molecule has 1 aromatic heterocycles. The third-order valence-corrected chi connectivity index (χ3v) is 4.56. The van der Waals surface area contributed by atoms with E-state index in [2.05, 4.69) is 10.2 Å². The molecule has 0 bridgehead atoms. The molecule has 0 saturated heterocycles. The van der Waals surface area contributed by atoms with Gasteiger partial charge in [-0.2, -0.15) is 0 Å². The smallest absolute Gasteiger partial charge is 0.340 e. The molecule has 1 heterocycles. The normalized spacial score (nSPS) is 12.2. The van der Waals surface area contributed by atoms with Crippen LogP contribution in [0, 0.1) is 5.82 Å². The van der Waals surface area contributed by atoms with E-state index in [9.17, 15) is 14.0 Å². The Morgan fingerprint density at radius 2 is 2.25 bits per heavy atom. The first-order valence-electron chi connectivity index (χ1n) is 7.73. The summed E-state index contributed by atoms with van der Waals surface area (Å²) in [4.78, 5) is 25.7. The van der Waals surface area contributed by atoms with Crippen molar-refractivity contribution in [1.29, 1.82) is 0 Å². The van der Waals surface area contributed by atoms with E-state index in [0.717, 1.165) is 12.0 Å². The van der Waals surface area contributed by atoms with Crippen molar-refractivity contribution < 1.29 is 9.18 Å². The average molecular weight is 352 g/mol. The molecule has 0 saturated carbocycles. The molecule has 0 aliphatic heterocycles. The summed E-state index contributed by atoms with van der Waals surface area (Å²) < 4.78 is 14.8. The van der Waals surface area contributed by atoms with Gasteiger partial charge < -0.3 is 4.90 Å². The van der Waals surface area contributed by atoms with Gasteiger partial charge in [-0.15, -0.1) is 5.10 Å². The summed E-state index contributed by atoms with van der Waals surface area (Å²) >= 11 is 1.24. The maximum Gasteiger partial charge on any atom is 0.343 e. The molecule has 1 atom stereocenters. The fraction of sp³-hybridized carbons (Fsp3) is 0.438. The maximum absolute atomic E-state index is 13.2. The van der Waals surface area contributed by atoms with Gasteiger partial charge in [0.2, 0.25) is 5.91 Å². The molecule has 0 spiro atoms. The van der Waals surface area contributed by atoms with Gasteiger partial charge in [-0.3, -0.25) is 9.36 Å². The van der Waals surface area contributed by atoms with Gasteiger partial charge in [-0.25, -0.2) is 14.3 Å². The van der Waals surface area contributed by atoms with Gasteiger partial charge >= 0.3 is 5.69 Å². The molecule has 0 aliphatic carbocycles. The third kappa shape index (κ3) is 4.47. The number of aromatic nitrogens is 3. The number of nitrogens with one attached hydrogen (secondary N) is 1. The van der Waals surface area contributed by atoms with Crippen LogP contribution >= 0.6 is 11.8 Å². The summed E-state index contributed by atoms with van der Waals surface area (Å²) in [5.41, 5.74) is 0.456. The van der Waals surface area contributed by atoms with Crippen LogP contribution in [0.3, 0.4) is 0 Å². The van der Waals surface area contributed by atoms with Crippen LogP contribution in [0.1, 0.15) is 25.8 Å². The Kier molecular flexibility index (Phi) is 6.19. The van der Waals surface area contributed by atoms with Crippen LogP contribution in [0.4, 0.5) is 4.39 Å². The molecular weight excluding hydrogens is 331 g/mol. The second-order valence-electron chi connectivity index (χ2n) is 5.55. The van der Waals surface area contributed by atoms with Crippen LogP contribution in [0.15, 0.2) is 34.2 Å². The molecule has 1 amide bonds. The van der Waals surface area contributed by atoms with Crippen molar-refractivity contribution >= 4 is 17.7 Å². The van der Waals surface area contributed by atoms with E-state index >= 15 is 0 Å². The quantitative estimate of drug-likeness (QED) is 0.776. The molecule has 24 heavy (non-hydrogen) atoms. The molecule has 2 aromatic rings. The van der Waals surface area contributed by atoms with Gasteiger partial charge in [-0.1, -0.05) is 30.8 Å². The van der Waals surface area contributed by atoms with E-state index < -0.39 is 5.25 Å². The zero-order valence-corrected chi connectivity index (χ0v) is 14.8. The maximum atomic E-state index is 13.2. The lowest BCUT2D eigenvalue weighted by atomic mass is 10.2. The molecule has 8 heteroatoms. The number of hydrogen-bond donors (Lipinski definition) is 1. The number of amides is 1. The minimum Gasteiger partial charge on any atom is -0.340 e. The van der Waals surface area contributed by atoms with E-state index in [-0.39, 0.29) is 17.4 Å². The predicted octanol–water partition coefficient (Wildman–Crippen LogP) is 2.26. The monoisotopic (exact) mass is 352 g/mol. The number of halogens is 1. The number of aromatic amines is 1. The molecular formula is C16H21FN4O2S. The SMILES string of the molecule is CCCn1c(SC(C)C(=O)N(C)Cc2cccc(F)c2)n[nH]c1=O. The first-order chi connectivity index (χ1) is 11.4. The van der Waals surface area contributed by atoms with Gasteiger partial charge in [0.05, 0.1) is 5.25 Å². The third-order valence-electron chi connectivity index (χ3n) is 3.49. The lowest BCUT2D eigenvalue weighted by Crippen LogP contribution is -2.33. The Morgan fingerprint density at radius 3 is 2.92 bits per heavy atom. The number of thioether (sulfide) groups is 1. The minimum atomic E-state index is -0.408. The zero-order chi connectivity index (χ0) is 17.7. The first-order valence-corrected chi connectivity index (χ1v) is 8.61. The van der Waals surface area contributed by atoms with Gasteiger partial charge in [0.25, 0.3) is 0 Å². The number of nitrogens with zero attached hydrogens (tertiary/aromatic N) is 3. The fourth-order valence-corrected chi connectivity index (χ4v) is 3.32. The van der Waals surface area contributed by atoms with Crippen molar-refractivity contribution in [3.63, 3.8) is 0 Å². The average Bonchev–Trinajstić information content (AvgIpc) is 2.87. The number of carbonyl (C=O) groups excluding carboxylic acids is 1. The molecule has 130 valence electrons. The fourth-order valence-electron chi connectivity index (χ4n) is 2.32. The van der Waals surface area contributed by atoms with Crippen LogP contribution in [0.2, 0.25) is 0 Å². The Balaban J connectivity index is 2.02. The number of benzene rings is 1. The molecule has 2 rings (SSSR count). The van der Waals surface area contributed by atoms with E-state index in [1.165, 1.54) is 28.5 Å². The highest BCUT2D eigenvalue weighted by Crippen LogP contribution is 2.22. The minimum absolute atomic E-state index is 0.109. The molecule has 0 fully saturated rings. The number of H-pyrrole nitrogens is 1. The molecule has 6 nitrogen and oxygen atoms in total. The molecule has 1 aromatic carbocycles. The summed E-state index contributed by atoms with van der Waals surface area (Å²) in [6.07, 6.45) is 0.800. The van der Waals surface area contributed by atoms with Gasteiger partial charge in [0, 0.05) is 20.1 Å². The highest BCUT2D eigenvalue weighted by atomic mass is 32.2. The Labute approximate surface area is 144 Å². The van der Waals surface area contributed by atoms with Crippen LogP contribution in [-0.2, 0) is 17.9 Å². The van der Waals surface area contributed by atoms with E-state index in [0.29, 0.717) is 18.2 Å². The topological polar surface area (TPSA) is 71.0 Å². The van der Waals surface area contributed by atoms with Crippen molar-refractivity contribution in [2.24, 2.45) is 0 Å². The van der Waals surface area contributed by atoms with Crippen molar-refractivity contribution in [3.05, 3.63) is 46.1 Å². The zero-order valence-electron chi connectivity index (χ0n) is 14.0. The summed E-state index contributed by atoms with van der Waals surface area (Å²) in [6, 6.07) is 6.17. The Bertz CT molecular complexity index is 759. The highest BCUT2D eigenvalue weighted by molar-refractivity contribution is 8.00. The second-order valence-corrected chi connectivity index (χ2v) is 6.86. The van der Waals surface area contributed by atoms with Crippen LogP contribution in [-0.4, -0.2) is 37.9 Å². The Hall–Kier alpha value is -2.09.